The Morgan fingerprint density at radius 3 is 2.71 bits per heavy atom. The van der Waals surface area contributed by atoms with Gasteiger partial charge in [-0.2, -0.15) is 4.98 Å². The topological polar surface area (TPSA) is 29.0 Å². The average molecular weight is 250 g/mol. The van der Waals surface area contributed by atoms with E-state index in [0.29, 0.717) is 11.3 Å². The first-order chi connectivity index (χ1) is 8.13. The van der Waals surface area contributed by atoms with Crippen molar-refractivity contribution in [3.8, 4) is 0 Å². The molecule has 90 valence electrons. The molecule has 2 rings (SSSR count). The lowest BCUT2D eigenvalue weighted by molar-refractivity contribution is 0.658. The van der Waals surface area contributed by atoms with Gasteiger partial charge in [-0.3, -0.25) is 0 Å². The Bertz CT molecular complexity index is 527. The van der Waals surface area contributed by atoms with Crippen LogP contribution >= 0.6 is 11.6 Å². The van der Waals surface area contributed by atoms with Crippen molar-refractivity contribution < 1.29 is 0 Å². The molecule has 1 atom stereocenters. The Kier molecular flexibility index (Phi) is 3.48. The molecule has 0 spiro atoms. The minimum atomic E-state index is 0.300. The van der Waals surface area contributed by atoms with E-state index >= 15 is 0 Å². The van der Waals surface area contributed by atoms with Gasteiger partial charge in [-0.1, -0.05) is 19.1 Å². The largest absolute Gasteiger partial charge is 0.356 e. The fourth-order valence-corrected chi connectivity index (χ4v) is 1.95. The summed E-state index contributed by atoms with van der Waals surface area (Å²) in [4.78, 5) is 10.7. The summed E-state index contributed by atoms with van der Waals surface area (Å²) in [7, 11) is 2.04. The zero-order valence-electron chi connectivity index (χ0n) is 10.3. The van der Waals surface area contributed by atoms with Crippen LogP contribution in [-0.4, -0.2) is 23.1 Å². The van der Waals surface area contributed by atoms with Crippen LogP contribution in [0.15, 0.2) is 24.3 Å². The Labute approximate surface area is 106 Å². The van der Waals surface area contributed by atoms with Crippen molar-refractivity contribution in [2.45, 2.75) is 26.3 Å². The Morgan fingerprint density at radius 1 is 1.29 bits per heavy atom. The molecule has 2 aromatic rings. The van der Waals surface area contributed by atoms with Crippen molar-refractivity contribution in [1.29, 1.82) is 0 Å². The minimum Gasteiger partial charge on any atom is -0.356 e. The lowest BCUT2D eigenvalue weighted by Crippen LogP contribution is -2.29. The number of aromatic nitrogens is 2. The second-order valence-corrected chi connectivity index (χ2v) is 4.54. The summed E-state index contributed by atoms with van der Waals surface area (Å²) < 4.78 is 0. The van der Waals surface area contributed by atoms with Gasteiger partial charge >= 0.3 is 0 Å². The average Bonchev–Trinajstić information content (AvgIpc) is 2.35. The van der Waals surface area contributed by atoms with Crippen molar-refractivity contribution in [3.63, 3.8) is 0 Å². The molecule has 1 heterocycles. The molecule has 17 heavy (non-hydrogen) atoms. The number of fused-ring (bicyclic) bond motifs is 1. The van der Waals surface area contributed by atoms with Gasteiger partial charge in [0.1, 0.15) is 5.82 Å². The predicted molar refractivity (Wildman–Crippen MR) is 72.7 cm³/mol. The van der Waals surface area contributed by atoms with Crippen LogP contribution < -0.4 is 4.90 Å². The first kappa shape index (κ1) is 12.1. The number of benzene rings is 1. The second-order valence-electron chi connectivity index (χ2n) is 4.20. The van der Waals surface area contributed by atoms with Gasteiger partial charge < -0.3 is 4.90 Å². The number of anilines is 1. The van der Waals surface area contributed by atoms with Crippen LogP contribution in [0.25, 0.3) is 10.9 Å². The Hall–Kier alpha value is -1.35. The number of rotatable bonds is 3. The van der Waals surface area contributed by atoms with Crippen LogP contribution in [0.4, 0.5) is 5.82 Å². The van der Waals surface area contributed by atoms with Crippen LogP contribution in [0.5, 0.6) is 0 Å². The SMILES string of the molecule is CCC(C)N(C)c1nc(Cl)nc2ccccc12. The van der Waals surface area contributed by atoms with Crippen LogP contribution in [-0.2, 0) is 0 Å². The molecule has 1 aromatic heterocycles. The number of halogens is 1. The Morgan fingerprint density at radius 2 is 2.00 bits per heavy atom. The summed E-state index contributed by atoms with van der Waals surface area (Å²) in [6, 6.07) is 8.35. The normalized spacial score (nSPS) is 12.7. The van der Waals surface area contributed by atoms with Gasteiger partial charge in [0.15, 0.2) is 0 Å². The maximum atomic E-state index is 5.97. The Balaban J connectivity index is 2.59. The molecule has 1 aromatic carbocycles. The van der Waals surface area contributed by atoms with Crippen molar-refractivity contribution >= 4 is 28.3 Å². The first-order valence-corrected chi connectivity index (χ1v) is 6.16. The fourth-order valence-electron chi connectivity index (χ4n) is 1.78. The molecule has 0 saturated carbocycles. The van der Waals surface area contributed by atoms with E-state index in [1.807, 2.05) is 31.3 Å². The highest BCUT2D eigenvalue weighted by atomic mass is 35.5. The van der Waals surface area contributed by atoms with Gasteiger partial charge in [0.05, 0.1) is 5.52 Å². The van der Waals surface area contributed by atoms with Gasteiger partial charge in [0, 0.05) is 18.5 Å². The predicted octanol–water partition coefficient (Wildman–Crippen LogP) is 3.52. The highest BCUT2D eigenvalue weighted by molar-refractivity contribution is 6.28. The quantitative estimate of drug-likeness (QED) is 0.780. The van der Waals surface area contributed by atoms with E-state index in [9.17, 15) is 0 Å². The smallest absolute Gasteiger partial charge is 0.224 e. The molecule has 0 aliphatic heterocycles. The highest BCUT2D eigenvalue weighted by Crippen LogP contribution is 2.26. The molecule has 0 radical (unpaired) electrons. The van der Waals surface area contributed by atoms with E-state index in [4.69, 9.17) is 11.6 Å². The fraction of sp³-hybridized carbons (Fsp3) is 0.385. The molecule has 0 aliphatic carbocycles. The summed E-state index contributed by atoms with van der Waals surface area (Å²) in [5.41, 5.74) is 0.887. The maximum absolute atomic E-state index is 5.97. The molecule has 4 heteroatoms. The zero-order valence-corrected chi connectivity index (χ0v) is 11.1. The lowest BCUT2D eigenvalue weighted by Gasteiger charge is -2.26. The molecule has 0 bridgehead atoms. The van der Waals surface area contributed by atoms with Crippen LogP contribution in [0, 0.1) is 0 Å². The molecule has 0 saturated heterocycles. The van der Waals surface area contributed by atoms with E-state index in [1.165, 1.54) is 0 Å². The number of hydrogen-bond acceptors (Lipinski definition) is 3. The number of hydrogen-bond donors (Lipinski definition) is 0. The van der Waals surface area contributed by atoms with E-state index in [1.54, 1.807) is 0 Å². The van der Waals surface area contributed by atoms with Gasteiger partial charge in [-0.25, -0.2) is 4.98 Å². The zero-order chi connectivity index (χ0) is 12.4. The van der Waals surface area contributed by atoms with Crippen LogP contribution in [0.3, 0.4) is 0 Å². The monoisotopic (exact) mass is 249 g/mol. The van der Waals surface area contributed by atoms with Gasteiger partial charge in [-0.15, -0.1) is 0 Å². The van der Waals surface area contributed by atoms with Gasteiger partial charge in [0.25, 0.3) is 0 Å². The van der Waals surface area contributed by atoms with Crippen molar-refractivity contribution in [1.82, 2.24) is 9.97 Å². The lowest BCUT2D eigenvalue weighted by atomic mass is 10.2. The molecule has 0 N–H and O–H groups in total. The standard InChI is InChI=1S/C13H16ClN3/c1-4-9(2)17(3)12-10-7-5-6-8-11(10)15-13(14)16-12/h5-9H,4H2,1-3H3. The molecule has 0 fully saturated rings. The summed E-state index contributed by atoms with van der Waals surface area (Å²) in [5, 5.41) is 1.34. The van der Waals surface area contributed by atoms with Crippen LogP contribution in [0.1, 0.15) is 20.3 Å². The molecule has 1 unspecified atom stereocenters. The second kappa shape index (κ2) is 4.88. The third-order valence-electron chi connectivity index (χ3n) is 3.14. The summed E-state index contributed by atoms with van der Waals surface area (Å²) in [6.07, 6.45) is 1.06. The van der Waals surface area contributed by atoms with Crippen molar-refractivity contribution in [3.05, 3.63) is 29.5 Å². The van der Waals surface area contributed by atoms with Crippen molar-refractivity contribution in [2.75, 3.05) is 11.9 Å². The van der Waals surface area contributed by atoms with E-state index in [-0.39, 0.29) is 0 Å². The first-order valence-electron chi connectivity index (χ1n) is 5.78. The molecular weight excluding hydrogens is 234 g/mol. The molecule has 3 nitrogen and oxygen atoms in total. The summed E-state index contributed by atoms with van der Waals surface area (Å²) >= 11 is 5.97. The van der Waals surface area contributed by atoms with E-state index < -0.39 is 0 Å². The highest BCUT2D eigenvalue weighted by Gasteiger charge is 2.14. The number of para-hydroxylation sites is 1. The van der Waals surface area contributed by atoms with E-state index in [2.05, 4.69) is 28.7 Å². The van der Waals surface area contributed by atoms with E-state index in [0.717, 1.165) is 23.1 Å². The molecule has 0 amide bonds. The summed E-state index contributed by atoms with van der Waals surface area (Å²) in [6.45, 7) is 4.33. The number of nitrogens with zero attached hydrogens (tertiary/aromatic N) is 3. The van der Waals surface area contributed by atoms with Gasteiger partial charge in [-0.05, 0) is 37.1 Å². The molecular formula is C13H16ClN3. The third kappa shape index (κ3) is 2.34. The molecule has 0 aliphatic rings. The van der Waals surface area contributed by atoms with Gasteiger partial charge in [0.2, 0.25) is 5.28 Å². The summed E-state index contributed by atoms with van der Waals surface area (Å²) in [5.74, 6) is 0.898. The third-order valence-corrected chi connectivity index (χ3v) is 3.31. The van der Waals surface area contributed by atoms with Crippen LogP contribution in [0.2, 0.25) is 5.28 Å². The maximum Gasteiger partial charge on any atom is 0.224 e. The van der Waals surface area contributed by atoms with Crippen molar-refractivity contribution in [2.24, 2.45) is 0 Å². The minimum absolute atomic E-state index is 0.300.